The highest BCUT2D eigenvalue weighted by Gasteiger charge is 2.49. The molecule has 14 nitrogen and oxygen atoms in total. The molecule has 1 heterocycles. The highest BCUT2D eigenvalue weighted by atomic mass is 16.7. The van der Waals surface area contributed by atoms with Crippen molar-refractivity contribution in [1.82, 2.24) is 5.32 Å². The third-order valence-electron chi connectivity index (χ3n) is 5.37. The van der Waals surface area contributed by atoms with Crippen LogP contribution >= 0.6 is 0 Å². The Hall–Kier alpha value is -3.75. The SMILES string of the molecule is CC(=O)OC[C@H]1O[C@@H](OC[C@H](NC(=O)OC(C)(C)C)C(=O)OCc2ccccc2)[C@H](N)[C@@H](OC(C)=O)[C@@H]1OC(C)=O. The standard InChI is InChI=1S/C27H38N2O12/c1-15(30)35-14-20-22(38-16(2)31)23(39-17(3)32)21(28)25(40-20)37-13-19(29-26(34)41-27(4,5)6)24(33)36-12-18-10-8-7-9-11-18/h7-11,19-23,25H,12-14,28H2,1-6H3,(H,29,34)/t19-,20+,21+,22+,23+,25+/m0/s1. The Labute approximate surface area is 238 Å². The van der Waals surface area contributed by atoms with Gasteiger partial charge in [0.15, 0.2) is 24.5 Å². The average molecular weight is 583 g/mol. The van der Waals surface area contributed by atoms with E-state index >= 15 is 0 Å². The minimum absolute atomic E-state index is 0.0747. The molecule has 1 saturated heterocycles. The van der Waals surface area contributed by atoms with Crippen molar-refractivity contribution in [3.8, 4) is 0 Å². The Morgan fingerprint density at radius 2 is 1.54 bits per heavy atom. The summed E-state index contributed by atoms with van der Waals surface area (Å²) in [5.41, 5.74) is 6.14. The van der Waals surface area contributed by atoms with Gasteiger partial charge in [-0.05, 0) is 26.3 Å². The van der Waals surface area contributed by atoms with E-state index in [1.807, 2.05) is 6.07 Å². The number of nitrogens with two attached hydrogens (primary N) is 1. The number of hydrogen-bond acceptors (Lipinski definition) is 13. The second-order valence-corrected chi connectivity index (χ2v) is 10.2. The second-order valence-electron chi connectivity index (χ2n) is 10.2. The summed E-state index contributed by atoms with van der Waals surface area (Å²) in [7, 11) is 0. The molecule has 0 aliphatic carbocycles. The number of alkyl carbamates (subject to hydrolysis) is 1. The van der Waals surface area contributed by atoms with E-state index in [2.05, 4.69) is 5.32 Å². The van der Waals surface area contributed by atoms with Gasteiger partial charge in [0.05, 0.1) is 12.6 Å². The Balaban J connectivity index is 2.24. The maximum absolute atomic E-state index is 13.0. The summed E-state index contributed by atoms with van der Waals surface area (Å²) in [6.45, 7) is 7.42. The van der Waals surface area contributed by atoms with Gasteiger partial charge in [-0.1, -0.05) is 30.3 Å². The van der Waals surface area contributed by atoms with Crippen LogP contribution in [0.2, 0.25) is 0 Å². The van der Waals surface area contributed by atoms with Crippen LogP contribution in [0.15, 0.2) is 30.3 Å². The first-order valence-corrected chi connectivity index (χ1v) is 12.9. The number of benzene rings is 1. The molecule has 1 fully saturated rings. The van der Waals surface area contributed by atoms with E-state index < -0.39 is 85.5 Å². The van der Waals surface area contributed by atoms with Crippen molar-refractivity contribution in [3.05, 3.63) is 35.9 Å². The number of ether oxygens (including phenoxy) is 7. The molecule has 1 aliphatic heterocycles. The van der Waals surface area contributed by atoms with Gasteiger partial charge in [-0.3, -0.25) is 14.4 Å². The highest BCUT2D eigenvalue weighted by Crippen LogP contribution is 2.27. The third kappa shape index (κ3) is 11.7. The normalized spacial score (nSPS) is 23.0. The first kappa shape index (κ1) is 33.5. The topological polar surface area (TPSA) is 188 Å². The zero-order valence-corrected chi connectivity index (χ0v) is 23.9. The first-order valence-electron chi connectivity index (χ1n) is 12.9. The molecule has 0 radical (unpaired) electrons. The Kier molecular flexibility index (Phi) is 12.5. The van der Waals surface area contributed by atoms with E-state index in [1.54, 1.807) is 45.0 Å². The predicted octanol–water partition coefficient (Wildman–Crippen LogP) is 1.12. The van der Waals surface area contributed by atoms with Crippen molar-refractivity contribution in [2.75, 3.05) is 13.2 Å². The van der Waals surface area contributed by atoms with Crippen LogP contribution in [0, 0.1) is 0 Å². The maximum atomic E-state index is 13.0. The summed E-state index contributed by atoms with van der Waals surface area (Å²) >= 11 is 0. The molecule has 1 aromatic rings. The number of rotatable bonds is 11. The van der Waals surface area contributed by atoms with Gasteiger partial charge in [0, 0.05) is 20.8 Å². The lowest BCUT2D eigenvalue weighted by atomic mass is 9.97. The van der Waals surface area contributed by atoms with Crippen molar-refractivity contribution in [2.24, 2.45) is 5.73 Å². The monoisotopic (exact) mass is 582 g/mol. The molecule has 1 aliphatic rings. The highest BCUT2D eigenvalue weighted by molar-refractivity contribution is 5.81. The molecule has 228 valence electrons. The van der Waals surface area contributed by atoms with Gasteiger partial charge >= 0.3 is 30.0 Å². The van der Waals surface area contributed by atoms with Gasteiger partial charge in [-0.25, -0.2) is 9.59 Å². The van der Waals surface area contributed by atoms with Gasteiger partial charge in [-0.2, -0.15) is 0 Å². The molecule has 0 unspecified atom stereocenters. The summed E-state index contributed by atoms with van der Waals surface area (Å²) in [4.78, 5) is 60.5. The zero-order valence-electron chi connectivity index (χ0n) is 23.9. The van der Waals surface area contributed by atoms with E-state index in [0.717, 1.165) is 13.8 Å². The molecule has 0 saturated carbocycles. The fourth-order valence-corrected chi connectivity index (χ4v) is 3.72. The minimum atomic E-state index is -1.37. The van der Waals surface area contributed by atoms with Gasteiger partial charge in [0.1, 0.15) is 24.9 Å². The average Bonchev–Trinajstić information content (AvgIpc) is 2.86. The van der Waals surface area contributed by atoms with Crippen molar-refractivity contribution in [2.45, 2.75) is 90.4 Å². The summed E-state index contributed by atoms with van der Waals surface area (Å²) in [5, 5.41) is 2.41. The fraction of sp³-hybridized carbons (Fsp3) is 0.593. The number of carbonyl (C=O) groups is 5. The quantitative estimate of drug-likeness (QED) is 0.279. The van der Waals surface area contributed by atoms with Crippen molar-refractivity contribution in [1.29, 1.82) is 0 Å². The van der Waals surface area contributed by atoms with Crippen molar-refractivity contribution >= 4 is 30.0 Å². The first-order chi connectivity index (χ1) is 19.2. The molecule has 0 bridgehead atoms. The van der Waals surface area contributed by atoms with Gasteiger partial charge in [-0.15, -0.1) is 0 Å². The number of hydrogen-bond donors (Lipinski definition) is 2. The third-order valence-corrected chi connectivity index (χ3v) is 5.37. The molecular weight excluding hydrogens is 544 g/mol. The molecule has 0 aromatic heterocycles. The van der Waals surface area contributed by atoms with Crippen LogP contribution in [0.4, 0.5) is 4.79 Å². The van der Waals surface area contributed by atoms with Crippen LogP contribution in [0.1, 0.15) is 47.1 Å². The molecule has 41 heavy (non-hydrogen) atoms. The van der Waals surface area contributed by atoms with Crippen LogP contribution in [0.5, 0.6) is 0 Å². The number of esters is 4. The van der Waals surface area contributed by atoms with Gasteiger partial charge in [0.25, 0.3) is 0 Å². The van der Waals surface area contributed by atoms with Crippen LogP contribution in [-0.4, -0.2) is 85.5 Å². The Bertz CT molecular complexity index is 1060. The number of carbonyl (C=O) groups excluding carboxylic acids is 5. The molecule has 3 N–H and O–H groups in total. The maximum Gasteiger partial charge on any atom is 0.408 e. The van der Waals surface area contributed by atoms with Gasteiger partial charge < -0.3 is 44.2 Å². The number of nitrogens with one attached hydrogen (secondary N) is 1. The van der Waals surface area contributed by atoms with Crippen LogP contribution in [0.25, 0.3) is 0 Å². The lowest BCUT2D eigenvalue weighted by molar-refractivity contribution is -0.274. The van der Waals surface area contributed by atoms with Crippen LogP contribution < -0.4 is 11.1 Å². The van der Waals surface area contributed by atoms with E-state index in [4.69, 9.17) is 38.9 Å². The minimum Gasteiger partial charge on any atom is -0.463 e. The van der Waals surface area contributed by atoms with Crippen molar-refractivity contribution in [3.63, 3.8) is 0 Å². The number of amides is 1. The van der Waals surface area contributed by atoms with Gasteiger partial charge in [0.2, 0.25) is 0 Å². The smallest absolute Gasteiger partial charge is 0.408 e. The summed E-state index contributed by atoms with van der Waals surface area (Å²) < 4.78 is 37.9. The molecule has 0 spiro atoms. The molecule has 1 aromatic carbocycles. The summed E-state index contributed by atoms with van der Waals surface area (Å²) in [6, 6.07) is 6.29. The lowest BCUT2D eigenvalue weighted by Gasteiger charge is -2.43. The van der Waals surface area contributed by atoms with Crippen LogP contribution in [0.3, 0.4) is 0 Å². The lowest BCUT2D eigenvalue weighted by Crippen LogP contribution is -2.65. The van der Waals surface area contributed by atoms with E-state index in [1.165, 1.54) is 6.92 Å². The molecule has 1 amide bonds. The van der Waals surface area contributed by atoms with Crippen molar-refractivity contribution < 1.29 is 57.1 Å². The molecule has 2 rings (SSSR count). The zero-order chi connectivity index (χ0) is 30.7. The predicted molar refractivity (Wildman–Crippen MR) is 140 cm³/mol. The summed E-state index contributed by atoms with van der Waals surface area (Å²) in [6.07, 6.45) is -5.93. The second kappa shape index (κ2) is 15.3. The van der Waals surface area contributed by atoms with Crippen LogP contribution in [-0.2, 0) is 58.9 Å². The Morgan fingerprint density at radius 1 is 0.927 bits per heavy atom. The fourth-order valence-electron chi connectivity index (χ4n) is 3.72. The molecule has 6 atom stereocenters. The Morgan fingerprint density at radius 3 is 2.10 bits per heavy atom. The molecule has 14 heteroatoms. The van der Waals surface area contributed by atoms with E-state index in [-0.39, 0.29) is 6.61 Å². The van der Waals surface area contributed by atoms with E-state index in [9.17, 15) is 24.0 Å². The molecular formula is C27H38N2O12. The largest absolute Gasteiger partial charge is 0.463 e. The van der Waals surface area contributed by atoms with E-state index in [0.29, 0.717) is 5.56 Å². The summed E-state index contributed by atoms with van der Waals surface area (Å²) in [5.74, 6) is -2.94.